The summed E-state index contributed by atoms with van der Waals surface area (Å²) in [5, 5.41) is 7.27. The molecule has 55 heavy (non-hydrogen) atoms. The SMILES string of the molecule is CCCC1([C@H](NC(=O)C(F)(F)c2ccc(OC)nc2)C(=O)Nc2ccc([C@H](C)[C@@H](NC(=O)CC)C(=O)N3CCN(C)CC3)cc2F)CCC(C(F)(F)F)CC1. The molecule has 2 fully saturated rings. The van der Waals surface area contributed by atoms with Gasteiger partial charge in [-0.15, -0.1) is 0 Å². The van der Waals surface area contributed by atoms with Crippen molar-refractivity contribution in [1.29, 1.82) is 0 Å². The highest BCUT2D eigenvalue weighted by molar-refractivity contribution is 5.99. The molecule has 3 N–H and O–H groups in total. The topological polar surface area (TPSA) is 133 Å². The third-order valence-electron chi connectivity index (χ3n) is 10.9. The lowest BCUT2D eigenvalue weighted by atomic mass is 9.63. The first-order valence-corrected chi connectivity index (χ1v) is 18.5. The van der Waals surface area contributed by atoms with E-state index >= 15 is 13.2 Å². The summed E-state index contributed by atoms with van der Waals surface area (Å²) >= 11 is 0. The number of likely N-dealkylation sites (N-methyl/N-ethyl adjacent to an activating group) is 1. The van der Waals surface area contributed by atoms with Gasteiger partial charge in [-0.2, -0.15) is 22.0 Å². The Bertz CT molecular complexity index is 1660. The second-order valence-electron chi connectivity index (χ2n) is 14.5. The first kappa shape index (κ1) is 43.3. The van der Waals surface area contributed by atoms with Crippen molar-refractivity contribution < 1.29 is 50.3 Å². The van der Waals surface area contributed by atoms with Gasteiger partial charge < -0.3 is 30.5 Å². The molecule has 1 aromatic carbocycles. The molecule has 1 aliphatic heterocycles. The number of piperazine rings is 1. The molecule has 2 aromatic rings. The van der Waals surface area contributed by atoms with Gasteiger partial charge in [0.1, 0.15) is 17.9 Å². The fraction of sp³-hybridized carbons (Fsp3) is 0.605. The van der Waals surface area contributed by atoms with Crippen LogP contribution in [0.15, 0.2) is 36.5 Å². The summed E-state index contributed by atoms with van der Waals surface area (Å²) in [6.07, 6.45) is -4.45. The predicted molar refractivity (Wildman–Crippen MR) is 192 cm³/mol. The standard InChI is InChI=1S/C38H50F6N6O5/c1-6-14-36(15-12-25(13-16-36)38(42,43)44)32(48-35(54)37(40,41)26-9-11-30(55-5)45-22-26)33(52)46-28-10-8-24(21-27(28)39)23(3)31(47-29(51)7-2)34(53)50-19-17-49(4)18-20-50/h8-11,21-23,25,31-32H,6-7,12-20H2,1-5H3,(H,46,52)(H,47,51)(H,48,54)/t23-,25?,31+,32+,36?/m0/s1. The summed E-state index contributed by atoms with van der Waals surface area (Å²) in [6.45, 7) is 7.16. The van der Waals surface area contributed by atoms with E-state index in [1.54, 1.807) is 25.7 Å². The number of nitrogens with zero attached hydrogens (tertiary/aromatic N) is 3. The average molecular weight is 785 g/mol. The molecule has 17 heteroatoms. The molecule has 1 aromatic heterocycles. The van der Waals surface area contributed by atoms with Gasteiger partial charge in [0, 0.05) is 56.3 Å². The van der Waals surface area contributed by atoms with E-state index in [2.05, 4.69) is 25.8 Å². The zero-order chi connectivity index (χ0) is 40.7. The third kappa shape index (κ3) is 10.3. The van der Waals surface area contributed by atoms with Crippen molar-refractivity contribution in [3.63, 3.8) is 0 Å². The van der Waals surface area contributed by atoms with Gasteiger partial charge in [0.25, 0.3) is 5.91 Å². The number of carbonyl (C=O) groups is 4. The van der Waals surface area contributed by atoms with Crippen LogP contribution in [0.2, 0.25) is 0 Å². The summed E-state index contributed by atoms with van der Waals surface area (Å²) in [5.74, 6) is -11.3. The van der Waals surface area contributed by atoms with Gasteiger partial charge in [0.05, 0.1) is 18.7 Å². The lowest BCUT2D eigenvalue weighted by Gasteiger charge is -2.45. The molecule has 1 saturated carbocycles. The monoisotopic (exact) mass is 784 g/mol. The second-order valence-corrected chi connectivity index (χ2v) is 14.5. The number of halogens is 6. The van der Waals surface area contributed by atoms with Crippen LogP contribution in [0, 0.1) is 17.2 Å². The number of ether oxygens (including phenoxy) is 1. The molecule has 304 valence electrons. The number of rotatable bonds is 14. The summed E-state index contributed by atoms with van der Waals surface area (Å²) in [7, 11) is 3.20. The highest BCUT2D eigenvalue weighted by Crippen LogP contribution is 2.49. The number of carbonyl (C=O) groups excluding carboxylic acids is 4. The normalized spacial score (nSPS) is 21.2. The molecule has 11 nitrogen and oxygen atoms in total. The molecule has 0 unspecified atom stereocenters. The van der Waals surface area contributed by atoms with E-state index in [1.807, 2.05) is 7.05 Å². The van der Waals surface area contributed by atoms with Crippen LogP contribution in [-0.4, -0.2) is 97.0 Å². The molecule has 0 bridgehead atoms. The summed E-state index contributed by atoms with van der Waals surface area (Å²) < 4.78 is 93.1. The zero-order valence-corrected chi connectivity index (χ0v) is 31.7. The van der Waals surface area contributed by atoms with Crippen LogP contribution in [0.1, 0.15) is 82.8 Å². The Morgan fingerprint density at radius 2 is 1.64 bits per heavy atom. The molecule has 0 spiro atoms. The first-order chi connectivity index (χ1) is 25.9. The lowest BCUT2D eigenvalue weighted by Crippen LogP contribution is -2.58. The van der Waals surface area contributed by atoms with Crippen molar-refractivity contribution in [1.82, 2.24) is 25.4 Å². The van der Waals surface area contributed by atoms with Crippen LogP contribution in [0.25, 0.3) is 0 Å². The highest BCUT2D eigenvalue weighted by Gasteiger charge is 2.53. The van der Waals surface area contributed by atoms with Crippen LogP contribution in [0.3, 0.4) is 0 Å². The summed E-state index contributed by atoms with van der Waals surface area (Å²) in [6, 6.07) is 2.97. The zero-order valence-electron chi connectivity index (χ0n) is 31.7. The number of aromatic nitrogens is 1. The minimum absolute atomic E-state index is 0.00540. The number of benzene rings is 1. The van der Waals surface area contributed by atoms with E-state index in [-0.39, 0.29) is 49.1 Å². The average Bonchev–Trinajstić information content (AvgIpc) is 3.16. The number of anilines is 1. The molecule has 2 heterocycles. The van der Waals surface area contributed by atoms with Gasteiger partial charge >= 0.3 is 12.1 Å². The first-order valence-electron chi connectivity index (χ1n) is 18.5. The Hall–Kier alpha value is -4.41. The smallest absolute Gasteiger partial charge is 0.391 e. The van der Waals surface area contributed by atoms with E-state index in [0.717, 1.165) is 24.4 Å². The van der Waals surface area contributed by atoms with Gasteiger partial charge in [0.2, 0.25) is 23.6 Å². The van der Waals surface area contributed by atoms with Gasteiger partial charge in [-0.05, 0) is 68.3 Å². The minimum Gasteiger partial charge on any atom is -0.481 e. The number of hydrogen-bond acceptors (Lipinski definition) is 7. The number of nitrogens with one attached hydrogen (secondary N) is 3. The van der Waals surface area contributed by atoms with E-state index < -0.39 is 77.5 Å². The molecule has 2 aliphatic rings. The van der Waals surface area contributed by atoms with Gasteiger partial charge in [0.15, 0.2) is 0 Å². The summed E-state index contributed by atoms with van der Waals surface area (Å²) in [4.78, 5) is 60.9. The van der Waals surface area contributed by atoms with Crippen molar-refractivity contribution in [2.75, 3.05) is 45.7 Å². The quantitative estimate of drug-likeness (QED) is 0.208. The predicted octanol–water partition coefficient (Wildman–Crippen LogP) is 5.76. The maximum Gasteiger partial charge on any atom is 0.391 e. The van der Waals surface area contributed by atoms with E-state index in [4.69, 9.17) is 4.74 Å². The van der Waals surface area contributed by atoms with E-state index in [1.165, 1.54) is 19.2 Å². The molecule has 4 amide bonds. The van der Waals surface area contributed by atoms with Crippen molar-refractivity contribution in [3.05, 3.63) is 53.5 Å². The molecule has 0 radical (unpaired) electrons. The largest absolute Gasteiger partial charge is 0.481 e. The van der Waals surface area contributed by atoms with E-state index in [0.29, 0.717) is 38.2 Å². The van der Waals surface area contributed by atoms with Crippen LogP contribution >= 0.6 is 0 Å². The Balaban J connectivity index is 1.64. The van der Waals surface area contributed by atoms with Crippen LogP contribution < -0.4 is 20.7 Å². The molecule has 1 saturated heterocycles. The minimum atomic E-state index is -4.51. The van der Waals surface area contributed by atoms with Crippen LogP contribution in [0.5, 0.6) is 5.88 Å². The van der Waals surface area contributed by atoms with Crippen molar-refractivity contribution in [2.24, 2.45) is 11.3 Å². The number of alkyl halides is 5. The number of pyridine rings is 1. The number of hydrogen-bond donors (Lipinski definition) is 3. The molecule has 3 atom stereocenters. The number of methoxy groups -OCH3 is 1. The lowest BCUT2D eigenvalue weighted by molar-refractivity contribution is -0.189. The fourth-order valence-corrected chi connectivity index (χ4v) is 7.45. The van der Waals surface area contributed by atoms with Crippen molar-refractivity contribution in [3.8, 4) is 5.88 Å². The fourth-order valence-electron chi connectivity index (χ4n) is 7.45. The molecular formula is C38H50F6N6O5. The maximum absolute atomic E-state index is 15.9. The van der Waals surface area contributed by atoms with Crippen molar-refractivity contribution >= 4 is 29.3 Å². The van der Waals surface area contributed by atoms with Crippen LogP contribution in [-0.2, 0) is 25.1 Å². The Labute approximate surface area is 316 Å². The third-order valence-corrected chi connectivity index (χ3v) is 10.9. The van der Waals surface area contributed by atoms with Gasteiger partial charge in [-0.1, -0.05) is 33.3 Å². The van der Waals surface area contributed by atoms with Crippen LogP contribution in [0.4, 0.5) is 32.0 Å². The number of amides is 4. The summed E-state index contributed by atoms with van der Waals surface area (Å²) in [5.41, 5.74) is -2.26. The van der Waals surface area contributed by atoms with Crippen molar-refractivity contribution in [2.45, 2.75) is 95.8 Å². The Morgan fingerprint density at radius 3 is 2.16 bits per heavy atom. The second kappa shape index (κ2) is 18.0. The molecule has 1 aliphatic carbocycles. The Kier molecular flexibility index (Phi) is 14.2. The van der Waals surface area contributed by atoms with Gasteiger partial charge in [-0.25, -0.2) is 9.37 Å². The maximum atomic E-state index is 15.9. The highest BCUT2D eigenvalue weighted by atomic mass is 19.4. The Morgan fingerprint density at radius 1 is 0.982 bits per heavy atom. The van der Waals surface area contributed by atoms with Gasteiger partial charge in [-0.3, -0.25) is 19.2 Å². The molecule has 4 rings (SSSR count). The van der Waals surface area contributed by atoms with E-state index in [9.17, 15) is 32.3 Å². The molecular weight excluding hydrogens is 734 g/mol.